The van der Waals surface area contributed by atoms with Gasteiger partial charge in [0.15, 0.2) is 0 Å². The van der Waals surface area contributed by atoms with Gasteiger partial charge in [0.25, 0.3) is 0 Å². The number of aryl methyl sites for hydroxylation is 1. The van der Waals surface area contributed by atoms with E-state index in [1.807, 2.05) is 10.3 Å². The van der Waals surface area contributed by atoms with Crippen LogP contribution in [0, 0.1) is 5.92 Å². The van der Waals surface area contributed by atoms with Crippen molar-refractivity contribution in [3.8, 4) is 0 Å². The summed E-state index contributed by atoms with van der Waals surface area (Å²) in [6.45, 7) is 3.62. The topological polar surface area (TPSA) is 59.2 Å². The number of hydrogen-bond acceptors (Lipinski definition) is 4. The Morgan fingerprint density at radius 3 is 3.12 bits per heavy atom. The molecule has 2 heterocycles. The SMILES string of the molecule is CC1CC(CN)CN1C(=O)CCc1nccs1. The second-order valence-corrected chi connectivity index (χ2v) is 5.64. The number of thiazole rings is 1. The van der Waals surface area contributed by atoms with Gasteiger partial charge in [0.2, 0.25) is 5.91 Å². The predicted octanol–water partition coefficient (Wildman–Crippen LogP) is 1.27. The van der Waals surface area contributed by atoms with E-state index in [0.717, 1.165) is 24.4 Å². The number of carbonyl (C=O) groups excluding carboxylic acids is 1. The van der Waals surface area contributed by atoms with Gasteiger partial charge in [-0.15, -0.1) is 11.3 Å². The molecule has 0 bridgehead atoms. The predicted molar refractivity (Wildman–Crippen MR) is 68.8 cm³/mol. The molecule has 1 amide bonds. The van der Waals surface area contributed by atoms with Crippen LogP contribution in [0.5, 0.6) is 0 Å². The number of hydrogen-bond donors (Lipinski definition) is 1. The van der Waals surface area contributed by atoms with Gasteiger partial charge in [-0.2, -0.15) is 0 Å². The maximum Gasteiger partial charge on any atom is 0.223 e. The van der Waals surface area contributed by atoms with Crippen LogP contribution < -0.4 is 5.73 Å². The molecule has 2 atom stereocenters. The largest absolute Gasteiger partial charge is 0.340 e. The van der Waals surface area contributed by atoms with Gasteiger partial charge in [0.05, 0.1) is 5.01 Å². The fraction of sp³-hybridized carbons (Fsp3) is 0.667. The first-order valence-corrected chi connectivity index (χ1v) is 6.96. The first kappa shape index (κ1) is 12.5. The summed E-state index contributed by atoms with van der Waals surface area (Å²) >= 11 is 1.61. The van der Waals surface area contributed by atoms with Crippen LogP contribution in [0.4, 0.5) is 0 Å². The first-order valence-electron chi connectivity index (χ1n) is 6.08. The number of carbonyl (C=O) groups is 1. The number of rotatable bonds is 4. The zero-order chi connectivity index (χ0) is 12.3. The van der Waals surface area contributed by atoms with E-state index in [0.29, 0.717) is 24.9 Å². The van der Waals surface area contributed by atoms with Crippen molar-refractivity contribution in [2.45, 2.75) is 32.2 Å². The molecule has 2 rings (SSSR count). The molecule has 1 aliphatic rings. The highest BCUT2D eigenvalue weighted by molar-refractivity contribution is 7.09. The minimum Gasteiger partial charge on any atom is -0.340 e. The fourth-order valence-electron chi connectivity index (χ4n) is 2.39. The van der Waals surface area contributed by atoms with Crippen LogP contribution in [0.15, 0.2) is 11.6 Å². The van der Waals surface area contributed by atoms with Crippen molar-refractivity contribution in [2.24, 2.45) is 11.7 Å². The Kier molecular flexibility index (Phi) is 4.12. The maximum absolute atomic E-state index is 12.1. The molecule has 17 heavy (non-hydrogen) atoms. The summed E-state index contributed by atoms with van der Waals surface area (Å²) in [4.78, 5) is 18.2. The fourth-order valence-corrected chi connectivity index (χ4v) is 3.02. The Hall–Kier alpha value is -0.940. The molecule has 1 aromatic rings. The van der Waals surface area contributed by atoms with Crippen molar-refractivity contribution in [1.82, 2.24) is 9.88 Å². The Morgan fingerprint density at radius 1 is 1.71 bits per heavy atom. The van der Waals surface area contributed by atoms with Crippen LogP contribution in [-0.2, 0) is 11.2 Å². The van der Waals surface area contributed by atoms with Crippen LogP contribution in [0.1, 0.15) is 24.8 Å². The van der Waals surface area contributed by atoms with E-state index >= 15 is 0 Å². The van der Waals surface area contributed by atoms with E-state index < -0.39 is 0 Å². The average molecular weight is 253 g/mol. The molecule has 2 unspecified atom stereocenters. The minimum atomic E-state index is 0.239. The van der Waals surface area contributed by atoms with Gasteiger partial charge in [-0.1, -0.05) is 0 Å². The Balaban J connectivity index is 1.84. The molecular formula is C12H19N3OS. The Morgan fingerprint density at radius 2 is 2.53 bits per heavy atom. The minimum absolute atomic E-state index is 0.239. The van der Waals surface area contributed by atoms with Crippen molar-refractivity contribution >= 4 is 17.2 Å². The molecule has 4 nitrogen and oxygen atoms in total. The van der Waals surface area contributed by atoms with Crippen LogP contribution in [0.2, 0.25) is 0 Å². The number of nitrogens with two attached hydrogens (primary N) is 1. The average Bonchev–Trinajstić information content (AvgIpc) is 2.94. The highest BCUT2D eigenvalue weighted by Gasteiger charge is 2.31. The van der Waals surface area contributed by atoms with E-state index in [1.54, 1.807) is 17.5 Å². The normalized spacial score (nSPS) is 24.2. The molecule has 2 N–H and O–H groups in total. The molecule has 1 fully saturated rings. The van der Waals surface area contributed by atoms with E-state index in [1.165, 1.54) is 0 Å². The van der Waals surface area contributed by atoms with Gasteiger partial charge in [0, 0.05) is 37.0 Å². The van der Waals surface area contributed by atoms with Crippen molar-refractivity contribution in [3.63, 3.8) is 0 Å². The summed E-state index contributed by atoms with van der Waals surface area (Å²) in [5.74, 6) is 0.720. The van der Waals surface area contributed by atoms with Crippen molar-refractivity contribution in [3.05, 3.63) is 16.6 Å². The zero-order valence-corrected chi connectivity index (χ0v) is 10.9. The van der Waals surface area contributed by atoms with Crippen molar-refractivity contribution in [1.29, 1.82) is 0 Å². The molecule has 0 saturated carbocycles. The highest BCUT2D eigenvalue weighted by atomic mass is 32.1. The van der Waals surface area contributed by atoms with E-state index in [4.69, 9.17) is 5.73 Å². The molecule has 1 saturated heterocycles. The molecule has 94 valence electrons. The molecule has 0 aromatic carbocycles. The molecule has 0 spiro atoms. The number of nitrogens with zero attached hydrogens (tertiary/aromatic N) is 2. The monoisotopic (exact) mass is 253 g/mol. The van der Waals surface area contributed by atoms with Crippen LogP contribution in [-0.4, -0.2) is 34.9 Å². The third-order valence-corrected chi connectivity index (χ3v) is 4.19. The smallest absolute Gasteiger partial charge is 0.223 e. The van der Waals surface area contributed by atoms with E-state index in [9.17, 15) is 4.79 Å². The van der Waals surface area contributed by atoms with Gasteiger partial charge in [-0.25, -0.2) is 4.98 Å². The number of likely N-dealkylation sites (tertiary alicyclic amines) is 1. The molecule has 1 aliphatic heterocycles. The molecular weight excluding hydrogens is 234 g/mol. The van der Waals surface area contributed by atoms with Gasteiger partial charge in [-0.3, -0.25) is 4.79 Å². The lowest BCUT2D eigenvalue weighted by molar-refractivity contribution is -0.131. The lowest BCUT2D eigenvalue weighted by atomic mass is 10.1. The summed E-state index contributed by atoms with van der Waals surface area (Å²) in [6, 6.07) is 0.340. The Labute approximate surface area is 106 Å². The summed E-state index contributed by atoms with van der Waals surface area (Å²) in [5, 5.41) is 2.99. The van der Waals surface area contributed by atoms with Crippen molar-refractivity contribution < 1.29 is 4.79 Å². The standard InChI is InChI=1S/C12H19N3OS/c1-9-6-10(7-13)8-15(9)12(16)3-2-11-14-4-5-17-11/h4-5,9-10H,2-3,6-8,13H2,1H3. The second kappa shape index (κ2) is 5.60. The summed E-state index contributed by atoms with van der Waals surface area (Å²) in [5.41, 5.74) is 5.66. The van der Waals surface area contributed by atoms with Crippen LogP contribution in [0.25, 0.3) is 0 Å². The van der Waals surface area contributed by atoms with E-state index in [-0.39, 0.29) is 5.91 Å². The quantitative estimate of drug-likeness (QED) is 0.879. The number of amides is 1. The third kappa shape index (κ3) is 3.04. The number of aromatic nitrogens is 1. The lowest BCUT2D eigenvalue weighted by Gasteiger charge is -2.21. The zero-order valence-electron chi connectivity index (χ0n) is 10.1. The molecule has 0 aliphatic carbocycles. The van der Waals surface area contributed by atoms with Crippen LogP contribution >= 0.6 is 11.3 Å². The second-order valence-electron chi connectivity index (χ2n) is 4.66. The summed E-state index contributed by atoms with van der Waals surface area (Å²) in [6.07, 6.45) is 4.15. The first-order chi connectivity index (χ1) is 8.20. The lowest BCUT2D eigenvalue weighted by Crippen LogP contribution is -2.34. The molecule has 5 heteroatoms. The van der Waals surface area contributed by atoms with Gasteiger partial charge in [0.1, 0.15) is 0 Å². The van der Waals surface area contributed by atoms with Gasteiger partial charge in [-0.05, 0) is 25.8 Å². The molecule has 1 aromatic heterocycles. The van der Waals surface area contributed by atoms with Crippen molar-refractivity contribution in [2.75, 3.05) is 13.1 Å². The Bertz CT molecular complexity index is 366. The van der Waals surface area contributed by atoms with Crippen LogP contribution in [0.3, 0.4) is 0 Å². The van der Waals surface area contributed by atoms with E-state index in [2.05, 4.69) is 11.9 Å². The maximum atomic E-state index is 12.1. The summed E-state index contributed by atoms with van der Waals surface area (Å²) < 4.78 is 0. The molecule has 0 radical (unpaired) electrons. The van der Waals surface area contributed by atoms with Gasteiger partial charge < -0.3 is 10.6 Å². The third-order valence-electron chi connectivity index (χ3n) is 3.35. The van der Waals surface area contributed by atoms with Gasteiger partial charge >= 0.3 is 0 Å². The highest BCUT2D eigenvalue weighted by Crippen LogP contribution is 2.23. The summed E-state index contributed by atoms with van der Waals surface area (Å²) in [7, 11) is 0.